The van der Waals surface area contributed by atoms with Gasteiger partial charge in [0.25, 0.3) is 0 Å². The number of anilines is 1. The van der Waals surface area contributed by atoms with Crippen molar-refractivity contribution in [3.8, 4) is 5.88 Å². The van der Waals surface area contributed by atoms with E-state index in [4.69, 9.17) is 4.74 Å². The number of carbonyl (C=O) groups excluding carboxylic acids is 1. The van der Waals surface area contributed by atoms with E-state index >= 15 is 0 Å². The predicted molar refractivity (Wildman–Crippen MR) is 68.4 cm³/mol. The Morgan fingerprint density at radius 2 is 2.16 bits per heavy atom. The van der Waals surface area contributed by atoms with Gasteiger partial charge in [0.2, 0.25) is 11.7 Å². The fraction of sp³-hybridized carbons (Fsp3) is 0.500. The Bertz CT molecular complexity index is 484. The second-order valence-electron chi connectivity index (χ2n) is 4.41. The number of carbonyl (C=O) groups is 1. The van der Waals surface area contributed by atoms with Crippen molar-refractivity contribution in [2.45, 2.75) is 12.8 Å². The van der Waals surface area contributed by atoms with Gasteiger partial charge in [0, 0.05) is 31.1 Å². The molecule has 0 unspecified atom stereocenters. The third-order valence-electron chi connectivity index (χ3n) is 3.27. The van der Waals surface area contributed by atoms with E-state index in [0.29, 0.717) is 37.6 Å². The fourth-order valence-electron chi connectivity index (χ4n) is 2.16. The van der Waals surface area contributed by atoms with Gasteiger partial charge in [-0.1, -0.05) is 0 Å². The van der Waals surface area contributed by atoms with Gasteiger partial charge >= 0.3 is 5.69 Å². The summed E-state index contributed by atoms with van der Waals surface area (Å²) in [5, 5.41) is 11.0. The fourth-order valence-corrected chi connectivity index (χ4v) is 2.16. The number of methoxy groups -OCH3 is 1. The lowest BCUT2D eigenvalue weighted by molar-refractivity contribution is -0.384. The minimum atomic E-state index is -0.451. The molecule has 1 aliphatic rings. The first-order chi connectivity index (χ1) is 9.15. The normalized spacial score (nSPS) is 16.2. The van der Waals surface area contributed by atoms with Gasteiger partial charge in [-0.25, -0.2) is 0 Å². The van der Waals surface area contributed by atoms with E-state index in [2.05, 4.69) is 4.98 Å². The standard InChI is InChI=1S/C12H15N3O4/c1-19-11-3-2-10(15(17)18)12(13-11)14-6-4-9(8-16)5-7-14/h2-3,8-9H,4-7H2,1H3. The van der Waals surface area contributed by atoms with Crippen LogP contribution >= 0.6 is 0 Å². The highest BCUT2D eigenvalue weighted by Crippen LogP contribution is 2.31. The van der Waals surface area contributed by atoms with E-state index in [0.717, 1.165) is 6.29 Å². The van der Waals surface area contributed by atoms with Crippen LogP contribution in [-0.4, -0.2) is 36.4 Å². The number of nitrogens with zero attached hydrogens (tertiary/aromatic N) is 3. The van der Waals surface area contributed by atoms with Crippen molar-refractivity contribution >= 4 is 17.8 Å². The number of nitro groups is 1. The van der Waals surface area contributed by atoms with Gasteiger partial charge in [0.1, 0.15) is 6.29 Å². The summed E-state index contributed by atoms with van der Waals surface area (Å²) in [6.07, 6.45) is 2.34. The average molecular weight is 265 g/mol. The highest BCUT2D eigenvalue weighted by molar-refractivity contribution is 5.60. The van der Waals surface area contributed by atoms with E-state index in [-0.39, 0.29) is 11.6 Å². The molecule has 0 bridgehead atoms. The lowest BCUT2D eigenvalue weighted by Gasteiger charge is -2.30. The first-order valence-electron chi connectivity index (χ1n) is 6.05. The smallest absolute Gasteiger partial charge is 0.311 e. The number of rotatable bonds is 4. The third kappa shape index (κ3) is 2.81. The molecule has 0 N–H and O–H groups in total. The molecule has 0 atom stereocenters. The van der Waals surface area contributed by atoms with E-state index in [1.165, 1.54) is 19.2 Å². The second-order valence-corrected chi connectivity index (χ2v) is 4.41. The molecule has 19 heavy (non-hydrogen) atoms. The molecule has 0 radical (unpaired) electrons. The Balaban J connectivity index is 2.27. The Morgan fingerprint density at radius 1 is 1.47 bits per heavy atom. The summed E-state index contributed by atoms with van der Waals surface area (Å²) in [7, 11) is 1.47. The van der Waals surface area contributed by atoms with Gasteiger partial charge in [-0.15, -0.1) is 0 Å². The van der Waals surface area contributed by atoms with Crippen LogP contribution in [0.3, 0.4) is 0 Å². The molecule has 1 fully saturated rings. The molecule has 0 aliphatic carbocycles. The molecule has 0 saturated carbocycles. The van der Waals surface area contributed by atoms with Gasteiger partial charge in [0.05, 0.1) is 12.0 Å². The molecular weight excluding hydrogens is 250 g/mol. The van der Waals surface area contributed by atoms with Crippen LogP contribution < -0.4 is 9.64 Å². The van der Waals surface area contributed by atoms with Crippen LogP contribution in [0, 0.1) is 16.0 Å². The number of hydrogen-bond donors (Lipinski definition) is 0. The van der Waals surface area contributed by atoms with Gasteiger partial charge in [-0.2, -0.15) is 4.98 Å². The van der Waals surface area contributed by atoms with Crippen molar-refractivity contribution in [2.75, 3.05) is 25.1 Å². The minimum absolute atomic E-state index is 0.0367. The maximum Gasteiger partial charge on any atom is 0.311 e. The van der Waals surface area contributed by atoms with E-state index < -0.39 is 4.92 Å². The summed E-state index contributed by atoms with van der Waals surface area (Å²) < 4.78 is 5.01. The van der Waals surface area contributed by atoms with Crippen molar-refractivity contribution in [2.24, 2.45) is 5.92 Å². The molecule has 2 heterocycles. The van der Waals surface area contributed by atoms with Crippen LogP contribution in [0.2, 0.25) is 0 Å². The molecule has 0 amide bonds. The maximum atomic E-state index is 11.0. The molecule has 1 aliphatic heterocycles. The summed E-state index contributed by atoms with van der Waals surface area (Å²) in [6.45, 7) is 1.18. The Morgan fingerprint density at radius 3 is 2.68 bits per heavy atom. The molecule has 1 saturated heterocycles. The monoisotopic (exact) mass is 265 g/mol. The Labute approximate surface area is 110 Å². The van der Waals surface area contributed by atoms with Gasteiger partial charge < -0.3 is 14.4 Å². The summed E-state index contributed by atoms with van der Waals surface area (Å²) in [6, 6.07) is 2.87. The summed E-state index contributed by atoms with van der Waals surface area (Å²) in [4.78, 5) is 27.3. The molecule has 1 aromatic heterocycles. The van der Waals surface area contributed by atoms with Crippen molar-refractivity contribution in [1.29, 1.82) is 0 Å². The number of pyridine rings is 1. The second kappa shape index (κ2) is 5.64. The lowest BCUT2D eigenvalue weighted by atomic mass is 9.98. The number of piperidine rings is 1. The van der Waals surface area contributed by atoms with Gasteiger partial charge in [-0.05, 0) is 12.8 Å². The van der Waals surface area contributed by atoms with Crippen molar-refractivity contribution in [3.63, 3.8) is 0 Å². The van der Waals surface area contributed by atoms with Crippen molar-refractivity contribution in [3.05, 3.63) is 22.2 Å². The summed E-state index contributed by atoms with van der Waals surface area (Å²) >= 11 is 0. The van der Waals surface area contributed by atoms with Crippen molar-refractivity contribution < 1.29 is 14.5 Å². The zero-order chi connectivity index (χ0) is 13.8. The predicted octanol–water partition coefficient (Wildman–Crippen LogP) is 1.41. The highest BCUT2D eigenvalue weighted by Gasteiger charge is 2.26. The molecule has 0 aromatic carbocycles. The first kappa shape index (κ1) is 13.3. The molecule has 102 valence electrons. The number of hydrogen-bond acceptors (Lipinski definition) is 6. The molecule has 2 rings (SSSR count). The third-order valence-corrected chi connectivity index (χ3v) is 3.27. The van der Waals surface area contributed by atoms with E-state index in [9.17, 15) is 14.9 Å². The van der Waals surface area contributed by atoms with Crippen LogP contribution in [0.1, 0.15) is 12.8 Å². The molecule has 7 heteroatoms. The average Bonchev–Trinajstić information content (AvgIpc) is 2.46. The maximum absolute atomic E-state index is 11.0. The number of ether oxygens (including phenoxy) is 1. The van der Waals surface area contributed by atoms with Crippen LogP contribution in [0.4, 0.5) is 11.5 Å². The number of aromatic nitrogens is 1. The SMILES string of the molecule is COc1ccc([N+](=O)[O-])c(N2CCC(C=O)CC2)n1. The minimum Gasteiger partial charge on any atom is -0.481 e. The Hall–Kier alpha value is -2.18. The highest BCUT2D eigenvalue weighted by atomic mass is 16.6. The first-order valence-corrected chi connectivity index (χ1v) is 6.05. The molecular formula is C12H15N3O4. The summed E-state index contributed by atoms with van der Waals surface area (Å²) in [5.74, 6) is 0.702. The zero-order valence-corrected chi connectivity index (χ0v) is 10.6. The lowest BCUT2D eigenvalue weighted by Crippen LogP contribution is -2.35. The van der Waals surface area contributed by atoms with Crippen LogP contribution in [-0.2, 0) is 4.79 Å². The topological polar surface area (TPSA) is 85.6 Å². The van der Waals surface area contributed by atoms with E-state index in [1.54, 1.807) is 0 Å². The van der Waals surface area contributed by atoms with Crippen LogP contribution in [0.15, 0.2) is 12.1 Å². The largest absolute Gasteiger partial charge is 0.481 e. The zero-order valence-electron chi connectivity index (χ0n) is 10.6. The van der Waals surface area contributed by atoms with Gasteiger partial charge in [-0.3, -0.25) is 10.1 Å². The van der Waals surface area contributed by atoms with Gasteiger partial charge in [0.15, 0.2) is 0 Å². The summed E-state index contributed by atoms with van der Waals surface area (Å²) in [5.41, 5.74) is -0.0367. The number of aldehydes is 1. The molecule has 1 aromatic rings. The van der Waals surface area contributed by atoms with Crippen LogP contribution in [0.5, 0.6) is 5.88 Å². The molecule has 7 nitrogen and oxygen atoms in total. The Kier molecular flexibility index (Phi) is 3.94. The van der Waals surface area contributed by atoms with Crippen LogP contribution in [0.25, 0.3) is 0 Å². The van der Waals surface area contributed by atoms with Crippen molar-refractivity contribution in [1.82, 2.24) is 4.98 Å². The van der Waals surface area contributed by atoms with E-state index in [1.807, 2.05) is 4.90 Å². The quantitative estimate of drug-likeness (QED) is 0.465. The molecule has 0 spiro atoms.